The third-order valence-electron chi connectivity index (χ3n) is 3.24. The minimum atomic E-state index is -0.125. The lowest BCUT2D eigenvalue weighted by Gasteiger charge is -2.04. The molecule has 0 spiro atoms. The van der Waals surface area contributed by atoms with Crippen LogP contribution in [0.2, 0.25) is 0 Å². The zero-order valence-electron chi connectivity index (χ0n) is 11.3. The molecule has 1 N–H and O–H groups in total. The molecule has 4 nitrogen and oxygen atoms in total. The summed E-state index contributed by atoms with van der Waals surface area (Å²) in [4.78, 5) is 16.6. The van der Waals surface area contributed by atoms with Crippen molar-refractivity contribution in [1.82, 2.24) is 4.98 Å². The van der Waals surface area contributed by atoms with Crippen LogP contribution in [0.25, 0.3) is 0 Å². The fraction of sp³-hybridized carbons (Fsp3) is 0.333. The zero-order valence-corrected chi connectivity index (χ0v) is 12.1. The number of methoxy groups -OCH3 is 1. The normalized spacial score (nSPS) is 14.2. The van der Waals surface area contributed by atoms with Crippen molar-refractivity contribution >= 4 is 22.4 Å². The highest BCUT2D eigenvalue weighted by molar-refractivity contribution is 7.14. The molecule has 20 heavy (non-hydrogen) atoms. The molecule has 104 valence electrons. The second kappa shape index (κ2) is 5.73. The average Bonchev–Trinajstić information content (AvgIpc) is 3.20. The highest BCUT2D eigenvalue weighted by atomic mass is 32.1. The molecule has 1 amide bonds. The van der Waals surface area contributed by atoms with Gasteiger partial charge in [-0.1, -0.05) is 12.1 Å². The quantitative estimate of drug-likeness (QED) is 0.917. The summed E-state index contributed by atoms with van der Waals surface area (Å²) < 4.78 is 5.08. The second-order valence-corrected chi connectivity index (χ2v) is 5.80. The summed E-state index contributed by atoms with van der Waals surface area (Å²) in [7, 11) is 1.64. The van der Waals surface area contributed by atoms with Crippen molar-refractivity contribution in [3.63, 3.8) is 0 Å². The third kappa shape index (κ3) is 3.05. The van der Waals surface area contributed by atoms with E-state index in [1.54, 1.807) is 13.2 Å². The number of anilines is 1. The minimum Gasteiger partial charge on any atom is -0.380 e. The summed E-state index contributed by atoms with van der Waals surface area (Å²) in [6.45, 7) is 0.504. The number of amides is 1. The van der Waals surface area contributed by atoms with Crippen molar-refractivity contribution in [3.8, 4) is 0 Å². The lowest BCUT2D eigenvalue weighted by atomic mass is 10.1. The number of benzene rings is 1. The van der Waals surface area contributed by atoms with Gasteiger partial charge in [0.25, 0.3) is 5.91 Å². The first kappa shape index (κ1) is 13.3. The van der Waals surface area contributed by atoms with Crippen molar-refractivity contribution in [2.75, 3.05) is 12.4 Å². The molecule has 0 aliphatic heterocycles. The molecular weight excluding hydrogens is 272 g/mol. The Bertz CT molecular complexity index is 620. The molecule has 5 heteroatoms. The number of hydrogen-bond acceptors (Lipinski definition) is 4. The molecule has 1 saturated carbocycles. The fourth-order valence-electron chi connectivity index (χ4n) is 2.05. The molecule has 0 unspecified atom stereocenters. The maximum Gasteiger partial charge on any atom is 0.257 e. The van der Waals surface area contributed by atoms with Crippen LogP contribution in [0.4, 0.5) is 5.13 Å². The number of hydrogen-bond donors (Lipinski definition) is 1. The van der Waals surface area contributed by atoms with Crippen molar-refractivity contribution in [3.05, 3.63) is 46.5 Å². The van der Waals surface area contributed by atoms with Crippen molar-refractivity contribution < 1.29 is 9.53 Å². The number of ether oxygens (including phenoxy) is 1. The summed E-state index contributed by atoms with van der Waals surface area (Å²) in [5.74, 6) is 0.488. The van der Waals surface area contributed by atoms with Gasteiger partial charge < -0.3 is 4.74 Å². The molecular formula is C15H16N2O2S. The molecule has 0 radical (unpaired) electrons. The van der Waals surface area contributed by atoms with Crippen LogP contribution in [0.1, 0.15) is 40.4 Å². The van der Waals surface area contributed by atoms with Crippen LogP contribution < -0.4 is 5.32 Å². The Morgan fingerprint density at radius 1 is 1.50 bits per heavy atom. The number of carbonyl (C=O) groups is 1. The fourth-order valence-corrected chi connectivity index (χ4v) is 2.84. The van der Waals surface area contributed by atoms with Crippen LogP contribution in [-0.4, -0.2) is 18.0 Å². The topological polar surface area (TPSA) is 51.2 Å². The molecule has 1 aromatic carbocycles. The van der Waals surface area contributed by atoms with Crippen molar-refractivity contribution in [2.45, 2.75) is 25.4 Å². The molecule has 0 bridgehead atoms. The van der Waals surface area contributed by atoms with Crippen LogP contribution in [-0.2, 0) is 11.3 Å². The van der Waals surface area contributed by atoms with Crippen molar-refractivity contribution in [2.24, 2.45) is 0 Å². The highest BCUT2D eigenvalue weighted by Crippen LogP contribution is 2.40. The zero-order chi connectivity index (χ0) is 13.9. The van der Waals surface area contributed by atoms with Gasteiger partial charge in [0.05, 0.1) is 12.3 Å². The second-order valence-electron chi connectivity index (χ2n) is 4.94. The van der Waals surface area contributed by atoms with Crippen LogP contribution in [0.5, 0.6) is 0 Å². The Balaban J connectivity index is 1.69. The predicted octanol–water partition coefficient (Wildman–Crippen LogP) is 3.42. The SMILES string of the molecule is COCc1cccc(C(=O)Nc2nc(C3CC3)cs2)c1. The van der Waals surface area contributed by atoms with Gasteiger partial charge in [0.15, 0.2) is 5.13 Å². The largest absolute Gasteiger partial charge is 0.380 e. The molecule has 2 aromatic rings. The van der Waals surface area contributed by atoms with E-state index < -0.39 is 0 Å². The maximum atomic E-state index is 12.2. The van der Waals surface area contributed by atoms with E-state index in [2.05, 4.69) is 10.3 Å². The number of aromatic nitrogens is 1. The lowest BCUT2D eigenvalue weighted by Crippen LogP contribution is -2.12. The first-order valence-corrected chi connectivity index (χ1v) is 7.49. The Hall–Kier alpha value is -1.72. The summed E-state index contributed by atoms with van der Waals surface area (Å²) in [5, 5.41) is 5.57. The van der Waals surface area contributed by atoms with Crippen LogP contribution in [0.15, 0.2) is 29.6 Å². The van der Waals surface area contributed by atoms with E-state index in [9.17, 15) is 4.79 Å². The van der Waals surface area contributed by atoms with E-state index >= 15 is 0 Å². The summed E-state index contributed by atoms with van der Waals surface area (Å²) >= 11 is 1.49. The first-order chi connectivity index (χ1) is 9.76. The third-order valence-corrected chi connectivity index (χ3v) is 4.01. The van der Waals surface area contributed by atoms with Crippen LogP contribution >= 0.6 is 11.3 Å². The van der Waals surface area contributed by atoms with E-state index in [0.717, 1.165) is 11.3 Å². The molecule has 0 saturated heterocycles. The van der Waals surface area contributed by atoms with E-state index in [1.807, 2.05) is 23.6 Å². The lowest BCUT2D eigenvalue weighted by molar-refractivity contribution is 0.102. The standard InChI is InChI=1S/C15H16N2O2S/c1-19-8-10-3-2-4-12(7-10)14(18)17-15-16-13(9-20-15)11-5-6-11/h2-4,7,9,11H,5-6,8H2,1H3,(H,16,17,18). The first-order valence-electron chi connectivity index (χ1n) is 6.61. The molecule has 1 aliphatic carbocycles. The van der Waals surface area contributed by atoms with E-state index in [4.69, 9.17) is 4.74 Å². The minimum absolute atomic E-state index is 0.125. The average molecular weight is 288 g/mol. The van der Waals surface area contributed by atoms with Gasteiger partial charge in [-0.2, -0.15) is 0 Å². The van der Waals surface area contributed by atoms with E-state index in [1.165, 1.54) is 24.2 Å². The predicted molar refractivity (Wildman–Crippen MR) is 79.2 cm³/mol. The molecule has 0 atom stereocenters. The smallest absolute Gasteiger partial charge is 0.257 e. The summed E-state index contributed by atoms with van der Waals surface area (Å²) in [5.41, 5.74) is 2.72. The summed E-state index contributed by atoms with van der Waals surface area (Å²) in [6.07, 6.45) is 2.44. The van der Waals surface area contributed by atoms with Gasteiger partial charge >= 0.3 is 0 Å². The monoisotopic (exact) mass is 288 g/mol. The van der Waals surface area contributed by atoms with Gasteiger partial charge in [-0.25, -0.2) is 4.98 Å². The van der Waals surface area contributed by atoms with Crippen LogP contribution in [0.3, 0.4) is 0 Å². The van der Waals surface area contributed by atoms with Gasteiger partial charge in [0.2, 0.25) is 0 Å². The Labute approximate surface area is 121 Å². The van der Waals surface area contributed by atoms with Crippen LogP contribution in [0, 0.1) is 0 Å². The van der Waals surface area contributed by atoms with Gasteiger partial charge in [-0.15, -0.1) is 11.3 Å². The van der Waals surface area contributed by atoms with Gasteiger partial charge in [-0.05, 0) is 30.5 Å². The number of rotatable bonds is 5. The highest BCUT2D eigenvalue weighted by Gasteiger charge is 2.26. The number of nitrogens with one attached hydrogen (secondary N) is 1. The van der Waals surface area contributed by atoms with Gasteiger partial charge in [0, 0.05) is 24.0 Å². The molecule has 1 aliphatic rings. The molecule has 3 rings (SSSR count). The number of thiazole rings is 1. The number of nitrogens with zero attached hydrogens (tertiary/aromatic N) is 1. The Morgan fingerprint density at radius 3 is 3.10 bits per heavy atom. The molecule has 1 heterocycles. The number of carbonyl (C=O) groups excluding carboxylic acids is 1. The molecule has 1 fully saturated rings. The van der Waals surface area contributed by atoms with Gasteiger partial charge in [-0.3, -0.25) is 10.1 Å². The maximum absolute atomic E-state index is 12.2. The molecule has 1 aromatic heterocycles. The Kier molecular flexibility index (Phi) is 3.80. The Morgan fingerprint density at radius 2 is 2.35 bits per heavy atom. The van der Waals surface area contributed by atoms with E-state index in [-0.39, 0.29) is 5.91 Å². The van der Waals surface area contributed by atoms with Gasteiger partial charge in [0.1, 0.15) is 0 Å². The van der Waals surface area contributed by atoms with Crippen molar-refractivity contribution in [1.29, 1.82) is 0 Å². The summed E-state index contributed by atoms with van der Waals surface area (Å²) in [6, 6.07) is 7.44. The van der Waals surface area contributed by atoms with E-state index in [0.29, 0.717) is 23.2 Å².